The number of ether oxygens (including phenoxy) is 2. The first-order chi connectivity index (χ1) is 11.1. The Bertz CT molecular complexity index is 519. The number of carbonyl (C=O) groups excluding carboxylic acids is 1. The van der Waals surface area contributed by atoms with Gasteiger partial charge in [0.25, 0.3) is 0 Å². The molecule has 1 amide bonds. The average molecular weight is 320 g/mol. The van der Waals surface area contributed by atoms with Crippen molar-refractivity contribution in [1.29, 1.82) is 0 Å². The fourth-order valence-corrected chi connectivity index (χ4v) is 3.05. The summed E-state index contributed by atoms with van der Waals surface area (Å²) in [5, 5.41) is 3.03. The Hall–Kier alpha value is -1.75. The van der Waals surface area contributed by atoms with Crippen LogP contribution in [0.15, 0.2) is 18.2 Å². The van der Waals surface area contributed by atoms with E-state index in [1.807, 2.05) is 25.1 Å². The van der Waals surface area contributed by atoms with E-state index in [0.29, 0.717) is 13.2 Å². The molecule has 3 N–H and O–H groups in total. The van der Waals surface area contributed by atoms with Crippen LogP contribution < -0.4 is 20.5 Å². The van der Waals surface area contributed by atoms with Gasteiger partial charge in [-0.15, -0.1) is 0 Å². The predicted octanol–water partition coefficient (Wildman–Crippen LogP) is 2.27. The van der Waals surface area contributed by atoms with Crippen LogP contribution in [0.25, 0.3) is 0 Å². The van der Waals surface area contributed by atoms with Crippen molar-refractivity contribution in [3.8, 4) is 11.5 Å². The van der Waals surface area contributed by atoms with Crippen LogP contribution in [0.1, 0.15) is 38.2 Å². The molecule has 1 aromatic rings. The maximum atomic E-state index is 12.0. The summed E-state index contributed by atoms with van der Waals surface area (Å²) < 4.78 is 10.9. The topological polar surface area (TPSA) is 73.6 Å². The monoisotopic (exact) mass is 320 g/mol. The first kappa shape index (κ1) is 17.6. The third kappa shape index (κ3) is 5.13. The highest BCUT2D eigenvalue weighted by atomic mass is 16.5. The molecule has 2 atom stereocenters. The number of nitrogens with one attached hydrogen (secondary N) is 1. The van der Waals surface area contributed by atoms with Crippen molar-refractivity contribution in [3.63, 3.8) is 0 Å². The Kier molecular flexibility index (Phi) is 6.71. The lowest BCUT2D eigenvalue weighted by Gasteiger charge is -2.12. The standard InChI is InChI=1S/C18H28N2O3/c1-3-23-17-11-13(6-9-16(17)22-2)5-4-10-20-18(21)14-7-8-15(19)12-14/h6,9,11,14-15H,3-5,7-8,10,12,19H2,1-2H3,(H,20,21). The van der Waals surface area contributed by atoms with E-state index in [2.05, 4.69) is 5.32 Å². The Balaban J connectivity index is 1.75. The van der Waals surface area contributed by atoms with E-state index in [-0.39, 0.29) is 17.9 Å². The molecular weight excluding hydrogens is 292 g/mol. The Labute approximate surface area is 138 Å². The largest absolute Gasteiger partial charge is 0.493 e. The number of hydrogen-bond acceptors (Lipinski definition) is 4. The molecule has 5 nitrogen and oxygen atoms in total. The fourth-order valence-electron chi connectivity index (χ4n) is 3.05. The van der Waals surface area contributed by atoms with Gasteiger partial charge in [-0.1, -0.05) is 6.07 Å². The van der Waals surface area contributed by atoms with Gasteiger partial charge in [-0.2, -0.15) is 0 Å². The molecule has 0 heterocycles. The quantitative estimate of drug-likeness (QED) is 0.721. The number of carbonyl (C=O) groups is 1. The molecule has 1 aliphatic carbocycles. The summed E-state index contributed by atoms with van der Waals surface area (Å²) in [4.78, 5) is 12.0. The third-order valence-corrected chi connectivity index (χ3v) is 4.31. The Morgan fingerprint density at radius 1 is 1.35 bits per heavy atom. The SMILES string of the molecule is CCOc1cc(CCCNC(=O)C2CCC(N)C2)ccc1OC. The van der Waals surface area contributed by atoms with Gasteiger partial charge in [0.15, 0.2) is 11.5 Å². The number of methoxy groups -OCH3 is 1. The van der Waals surface area contributed by atoms with Gasteiger partial charge in [0.2, 0.25) is 5.91 Å². The van der Waals surface area contributed by atoms with Crippen LogP contribution in [0.4, 0.5) is 0 Å². The molecule has 2 rings (SSSR count). The number of hydrogen-bond donors (Lipinski definition) is 2. The van der Waals surface area contributed by atoms with E-state index >= 15 is 0 Å². The normalized spacial score (nSPS) is 20.3. The van der Waals surface area contributed by atoms with Gasteiger partial charge >= 0.3 is 0 Å². The van der Waals surface area contributed by atoms with E-state index in [4.69, 9.17) is 15.2 Å². The molecule has 0 spiro atoms. The van der Waals surface area contributed by atoms with Crippen molar-refractivity contribution in [2.75, 3.05) is 20.3 Å². The van der Waals surface area contributed by atoms with Crippen molar-refractivity contribution >= 4 is 5.91 Å². The van der Waals surface area contributed by atoms with Gasteiger partial charge in [0.05, 0.1) is 13.7 Å². The van der Waals surface area contributed by atoms with Crippen LogP contribution in [-0.2, 0) is 11.2 Å². The van der Waals surface area contributed by atoms with Crippen LogP contribution in [0.3, 0.4) is 0 Å². The van der Waals surface area contributed by atoms with Crippen LogP contribution in [0, 0.1) is 5.92 Å². The number of aryl methyl sites for hydroxylation is 1. The lowest BCUT2D eigenvalue weighted by molar-refractivity contribution is -0.124. The van der Waals surface area contributed by atoms with Crippen molar-refractivity contribution in [2.45, 2.75) is 45.1 Å². The van der Waals surface area contributed by atoms with Crippen molar-refractivity contribution < 1.29 is 14.3 Å². The van der Waals surface area contributed by atoms with E-state index in [0.717, 1.165) is 43.6 Å². The molecule has 0 radical (unpaired) electrons. The molecule has 0 aromatic heterocycles. The Morgan fingerprint density at radius 3 is 2.83 bits per heavy atom. The summed E-state index contributed by atoms with van der Waals surface area (Å²) in [5.74, 6) is 1.79. The van der Waals surface area contributed by atoms with Gasteiger partial charge in [-0.05, 0) is 56.7 Å². The second-order valence-electron chi connectivity index (χ2n) is 6.08. The summed E-state index contributed by atoms with van der Waals surface area (Å²) in [6.07, 6.45) is 4.51. The summed E-state index contributed by atoms with van der Waals surface area (Å²) in [7, 11) is 1.64. The van der Waals surface area contributed by atoms with Crippen LogP contribution >= 0.6 is 0 Å². The highest BCUT2D eigenvalue weighted by Gasteiger charge is 2.27. The van der Waals surface area contributed by atoms with Gasteiger partial charge in [0.1, 0.15) is 0 Å². The van der Waals surface area contributed by atoms with Crippen LogP contribution in [-0.4, -0.2) is 32.2 Å². The van der Waals surface area contributed by atoms with E-state index < -0.39 is 0 Å². The zero-order chi connectivity index (χ0) is 16.7. The zero-order valence-electron chi connectivity index (χ0n) is 14.1. The second kappa shape index (κ2) is 8.77. The first-order valence-corrected chi connectivity index (χ1v) is 8.47. The molecule has 0 bridgehead atoms. The van der Waals surface area contributed by atoms with Crippen molar-refractivity contribution in [2.24, 2.45) is 11.7 Å². The number of benzene rings is 1. The smallest absolute Gasteiger partial charge is 0.223 e. The molecule has 128 valence electrons. The molecule has 1 saturated carbocycles. The molecule has 2 unspecified atom stereocenters. The third-order valence-electron chi connectivity index (χ3n) is 4.31. The predicted molar refractivity (Wildman–Crippen MR) is 90.8 cm³/mol. The summed E-state index contributed by atoms with van der Waals surface area (Å²) in [5.41, 5.74) is 7.04. The summed E-state index contributed by atoms with van der Waals surface area (Å²) in [6.45, 7) is 3.26. The molecule has 1 aromatic carbocycles. The minimum Gasteiger partial charge on any atom is -0.493 e. The van der Waals surface area contributed by atoms with Gasteiger partial charge in [-0.3, -0.25) is 4.79 Å². The number of rotatable bonds is 8. The summed E-state index contributed by atoms with van der Waals surface area (Å²) >= 11 is 0. The molecule has 1 fully saturated rings. The summed E-state index contributed by atoms with van der Waals surface area (Å²) in [6, 6.07) is 6.18. The molecule has 0 aliphatic heterocycles. The average Bonchev–Trinajstić information content (AvgIpc) is 2.98. The number of nitrogens with two attached hydrogens (primary N) is 1. The van der Waals surface area contributed by atoms with E-state index in [1.165, 1.54) is 5.56 Å². The minimum atomic E-state index is 0.107. The lowest BCUT2D eigenvalue weighted by Crippen LogP contribution is -2.31. The molecule has 5 heteroatoms. The van der Waals surface area contributed by atoms with Gasteiger partial charge < -0.3 is 20.5 Å². The molecule has 0 saturated heterocycles. The Morgan fingerprint density at radius 2 is 2.17 bits per heavy atom. The van der Waals surface area contributed by atoms with E-state index in [1.54, 1.807) is 7.11 Å². The lowest BCUT2D eigenvalue weighted by atomic mass is 10.1. The van der Waals surface area contributed by atoms with E-state index in [9.17, 15) is 4.79 Å². The first-order valence-electron chi connectivity index (χ1n) is 8.47. The van der Waals surface area contributed by atoms with Crippen molar-refractivity contribution in [1.82, 2.24) is 5.32 Å². The van der Waals surface area contributed by atoms with Crippen molar-refractivity contribution in [3.05, 3.63) is 23.8 Å². The minimum absolute atomic E-state index is 0.107. The molecule has 1 aliphatic rings. The van der Waals surface area contributed by atoms with Crippen LogP contribution in [0.5, 0.6) is 11.5 Å². The number of amides is 1. The molecular formula is C18H28N2O3. The van der Waals surface area contributed by atoms with Gasteiger partial charge in [0, 0.05) is 18.5 Å². The zero-order valence-corrected chi connectivity index (χ0v) is 14.1. The fraction of sp³-hybridized carbons (Fsp3) is 0.611. The van der Waals surface area contributed by atoms with Gasteiger partial charge in [-0.25, -0.2) is 0 Å². The highest BCUT2D eigenvalue weighted by molar-refractivity contribution is 5.78. The van der Waals surface area contributed by atoms with Crippen LogP contribution in [0.2, 0.25) is 0 Å². The molecule has 23 heavy (non-hydrogen) atoms. The maximum Gasteiger partial charge on any atom is 0.223 e. The maximum absolute atomic E-state index is 12.0. The second-order valence-corrected chi connectivity index (χ2v) is 6.08. The highest BCUT2D eigenvalue weighted by Crippen LogP contribution is 2.28.